The number of amides is 1. The molecular formula is C19H20ClN5O3. The van der Waals surface area contributed by atoms with Gasteiger partial charge in [-0.1, -0.05) is 23.7 Å². The predicted molar refractivity (Wildman–Crippen MR) is 105 cm³/mol. The SMILES string of the molecule is Cc1nn(Cc2cccc(Cl)c2)c(C)c1NC(=O)c1ccn(CCC(=O)O)n1. The van der Waals surface area contributed by atoms with Crippen molar-refractivity contribution in [3.63, 3.8) is 0 Å². The zero-order chi connectivity index (χ0) is 20.3. The number of carbonyl (C=O) groups excluding carboxylic acids is 1. The number of carboxylic acid groups (broad SMARTS) is 1. The van der Waals surface area contributed by atoms with Crippen molar-refractivity contribution in [3.8, 4) is 0 Å². The van der Waals surface area contributed by atoms with Crippen LogP contribution in [-0.4, -0.2) is 36.5 Å². The maximum atomic E-state index is 12.5. The highest BCUT2D eigenvalue weighted by Gasteiger charge is 2.17. The minimum Gasteiger partial charge on any atom is -0.481 e. The topological polar surface area (TPSA) is 102 Å². The molecule has 0 unspecified atom stereocenters. The molecule has 0 aliphatic rings. The van der Waals surface area contributed by atoms with E-state index < -0.39 is 5.97 Å². The molecule has 2 heterocycles. The van der Waals surface area contributed by atoms with Crippen molar-refractivity contribution >= 4 is 29.2 Å². The van der Waals surface area contributed by atoms with Gasteiger partial charge >= 0.3 is 5.97 Å². The monoisotopic (exact) mass is 401 g/mol. The number of benzene rings is 1. The highest BCUT2D eigenvalue weighted by atomic mass is 35.5. The van der Waals surface area contributed by atoms with E-state index in [0.29, 0.717) is 22.9 Å². The van der Waals surface area contributed by atoms with Crippen molar-refractivity contribution in [1.29, 1.82) is 0 Å². The van der Waals surface area contributed by atoms with E-state index >= 15 is 0 Å². The maximum absolute atomic E-state index is 12.5. The molecular weight excluding hydrogens is 382 g/mol. The van der Waals surface area contributed by atoms with Crippen molar-refractivity contribution in [2.75, 3.05) is 5.32 Å². The van der Waals surface area contributed by atoms with Crippen LogP contribution in [0.2, 0.25) is 5.02 Å². The molecule has 0 bridgehead atoms. The molecule has 9 heteroatoms. The van der Waals surface area contributed by atoms with Crippen molar-refractivity contribution in [2.45, 2.75) is 33.4 Å². The lowest BCUT2D eigenvalue weighted by Gasteiger charge is -2.07. The minimum absolute atomic E-state index is 0.0583. The summed E-state index contributed by atoms with van der Waals surface area (Å²) >= 11 is 6.04. The van der Waals surface area contributed by atoms with Gasteiger partial charge in [-0.05, 0) is 37.6 Å². The summed E-state index contributed by atoms with van der Waals surface area (Å²) in [7, 11) is 0. The molecule has 1 aromatic carbocycles. The van der Waals surface area contributed by atoms with E-state index in [0.717, 1.165) is 11.3 Å². The average Bonchev–Trinajstić information content (AvgIpc) is 3.21. The van der Waals surface area contributed by atoms with Crippen molar-refractivity contribution in [1.82, 2.24) is 19.6 Å². The molecule has 28 heavy (non-hydrogen) atoms. The molecule has 0 radical (unpaired) electrons. The first-order valence-corrected chi connectivity index (χ1v) is 9.06. The van der Waals surface area contributed by atoms with E-state index in [-0.39, 0.29) is 24.6 Å². The Balaban J connectivity index is 1.73. The Morgan fingerprint density at radius 1 is 1.21 bits per heavy atom. The van der Waals surface area contributed by atoms with Gasteiger partial charge in [0.15, 0.2) is 5.69 Å². The normalized spacial score (nSPS) is 10.8. The van der Waals surface area contributed by atoms with Gasteiger partial charge in [0.1, 0.15) is 0 Å². The summed E-state index contributed by atoms with van der Waals surface area (Å²) in [5, 5.41) is 20.9. The van der Waals surface area contributed by atoms with Crippen LogP contribution < -0.4 is 5.32 Å². The Bertz CT molecular complexity index is 1020. The van der Waals surface area contributed by atoms with Crippen LogP contribution in [-0.2, 0) is 17.9 Å². The van der Waals surface area contributed by atoms with Crippen molar-refractivity contribution in [3.05, 3.63) is 64.2 Å². The number of nitrogens with one attached hydrogen (secondary N) is 1. The molecule has 3 aromatic rings. The summed E-state index contributed by atoms with van der Waals surface area (Å²) in [6, 6.07) is 9.09. The van der Waals surface area contributed by atoms with Crippen LogP contribution in [0.25, 0.3) is 0 Å². The van der Waals surface area contributed by atoms with E-state index in [4.69, 9.17) is 16.7 Å². The van der Waals surface area contributed by atoms with E-state index in [1.165, 1.54) is 4.68 Å². The molecule has 0 atom stereocenters. The average molecular weight is 402 g/mol. The third-order valence-electron chi connectivity index (χ3n) is 4.27. The number of aromatic nitrogens is 4. The number of aliphatic carboxylic acids is 1. The number of rotatable bonds is 7. The first kappa shape index (κ1) is 19.6. The number of aryl methyl sites for hydroxylation is 2. The van der Waals surface area contributed by atoms with Gasteiger partial charge in [-0.25, -0.2) is 0 Å². The van der Waals surface area contributed by atoms with Crippen LogP contribution in [0.15, 0.2) is 36.5 Å². The Kier molecular flexibility index (Phi) is 5.79. The Labute approximate surface area is 166 Å². The highest BCUT2D eigenvalue weighted by molar-refractivity contribution is 6.30. The molecule has 0 spiro atoms. The number of carbonyl (C=O) groups is 2. The largest absolute Gasteiger partial charge is 0.481 e. The number of hydrogen-bond acceptors (Lipinski definition) is 4. The summed E-state index contributed by atoms with van der Waals surface area (Å²) in [6.45, 7) is 4.44. The predicted octanol–water partition coefficient (Wildman–Crippen LogP) is 3.13. The molecule has 0 saturated carbocycles. The van der Waals surface area contributed by atoms with Gasteiger partial charge in [-0.3, -0.25) is 19.0 Å². The molecule has 0 aliphatic carbocycles. The van der Waals surface area contributed by atoms with Crippen LogP contribution in [0.3, 0.4) is 0 Å². The fourth-order valence-corrected chi connectivity index (χ4v) is 3.05. The minimum atomic E-state index is -0.917. The molecule has 1 amide bonds. The van der Waals surface area contributed by atoms with Crippen molar-refractivity contribution in [2.24, 2.45) is 0 Å². The standard InChI is InChI=1S/C19H20ClN5O3/c1-12-18(13(2)25(22-12)11-14-4-3-5-15(20)10-14)21-19(28)16-6-8-24(23-16)9-7-17(26)27/h3-6,8,10H,7,9,11H2,1-2H3,(H,21,28)(H,26,27). The van der Waals surface area contributed by atoms with Crippen LogP contribution in [0, 0.1) is 13.8 Å². The molecule has 3 rings (SSSR count). The van der Waals surface area contributed by atoms with E-state index in [2.05, 4.69) is 15.5 Å². The second kappa shape index (κ2) is 8.26. The lowest BCUT2D eigenvalue weighted by molar-refractivity contribution is -0.137. The lowest BCUT2D eigenvalue weighted by atomic mass is 10.2. The summed E-state index contributed by atoms with van der Waals surface area (Å²) in [5.41, 5.74) is 3.36. The molecule has 2 N–H and O–H groups in total. The molecule has 146 valence electrons. The molecule has 2 aromatic heterocycles. The zero-order valence-corrected chi connectivity index (χ0v) is 16.3. The number of halogens is 1. The molecule has 0 aliphatic heterocycles. The smallest absolute Gasteiger partial charge is 0.305 e. The summed E-state index contributed by atoms with van der Waals surface area (Å²) in [5.74, 6) is -1.29. The van der Waals surface area contributed by atoms with Gasteiger partial charge in [-0.2, -0.15) is 10.2 Å². The van der Waals surface area contributed by atoms with Crippen LogP contribution in [0.4, 0.5) is 5.69 Å². The maximum Gasteiger partial charge on any atom is 0.305 e. The molecule has 0 saturated heterocycles. The van der Waals surface area contributed by atoms with Crippen LogP contribution in [0.5, 0.6) is 0 Å². The van der Waals surface area contributed by atoms with Gasteiger partial charge in [0.2, 0.25) is 0 Å². The Hall–Kier alpha value is -3.13. The quantitative estimate of drug-likeness (QED) is 0.633. The first-order chi connectivity index (χ1) is 13.3. The van der Waals surface area contributed by atoms with Gasteiger partial charge in [0, 0.05) is 11.2 Å². The number of carboxylic acids is 1. The second-order valence-corrected chi connectivity index (χ2v) is 6.83. The fraction of sp³-hybridized carbons (Fsp3) is 0.263. The van der Waals surface area contributed by atoms with Gasteiger partial charge in [0.25, 0.3) is 5.91 Å². The van der Waals surface area contributed by atoms with E-state index in [1.54, 1.807) is 12.3 Å². The number of anilines is 1. The second-order valence-electron chi connectivity index (χ2n) is 6.40. The first-order valence-electron chi connectivity index (χ1n) is 8.68. The Morgan fingerprint density at radius 3 is 2.71 bits per heavy atom. The van der Waals surface area contributed by atoms with Crippen LogP contribution in [0.1, 0.15) is 33.9 Å². The Morgan fingerprint density at radius 2 is 2.00 bits per heavy atom. The van der Waals surface area contributed by atoms with Crippen LogP contribution >= 0.6 is 11.6 Å². The van der Waals surface area contributed by atoms with E-state index in [9.17, 15) is 9.59 Å². The van der Waals surface area contributed by atoms with Gasteiger partial charge in [-0.15, -0.1) is 0 Å². The number of hydrogen-bond donors (Lipinski definition) is 2. The third-order valence-corrected chi connectivity index (χ3v) is 4.50. The van der Waals surface area contributed by atoms with Gasteiger partial charge < -0.3 is 10.4 Å². The summed E-state index contributed by atoms with van der Waals surface area (Å²) in [4.78, 5) is 23.2. The third kappa shape index (κ3) is 4.58. The molecule has 8 nitrogen and oxygen atoms in total. The van der Waals surface area contributed by atoms with Crippen molar-refractivity contribution < 1.29 is 14.7 Å². The highest BCUT2D eigenvalue weighted by Crippen LogP contribution is 2.22. The number of nitrogens with zero attached hydrogens (tertiary/aromatic N) is 4. The zero-order valence-electron chi connectivity index (χ0n) is 15.5. The summed E-state index contributed by atoms with van der Waals surface area (Å²) < 4.78 is 3.24. The summed E-state index contributed by atoms with van der Waals surface area (Å²) in [6.07, 6.45) is 1.53. The fourth-order valence-electron chi connectivity index (χ4n) is 2.84. The lowest BCUT2D eigenvalue weighted by Crippen LogP contribution is -2.15. The van der Waals surface area contributed by atoms with E-state index in [1.807, 2.05) is 42.8 Å². The molecule has 0 fully saturated rings. The van der Waals surface area contributed by atoms with Gasteiger partial charge in [0.05, 0.1) is 36.6 Å².